The smallest absolute Gasteiger partial charge is 0.416 e. The number of nitrogens with zero attached hydrogens (tertiary/aromatic N) is 2. The lowest BCUT2D eigenvalue weighted by Crippen LogP contribution is -2.22. The molecule has 0 aliphatic heterocycles. The van der Waals surface area contributed by atoms with Crippen molar-refractivity contribution in [2.75, 3.05) is 26.9 Å². The Hall–Kier alpha value is -3.84. The van der Waals surface area contributed by atoms with Crippen molar-refractivity contribution in [3.05, 3.63) is 58.4 Å². The Bertz CT molecular complexity index is 1590. The molecule has 0 aliphatic carbocycles. The third-order valence-corrected chi connectivity index (χ3v) is 7.23. The molecule has 0 aliphatic rings. The van der Waals surface area contributed by atoms with E-state index in [0.29, 0.717) is 5.56 Å². The summed E-state index contributed by atoms with van der Waals surface area (Å²) < 4.78 is 71.8. The molecular weight excluding hydrogens is 487 g/mol. The molecule has 2 heterocycles. The summed E-state index contributed by atoms with van der Waals surface area (Å²) in [4.78, 5) is 22.2. The summed E-state index contributed by atoms with van der Waals surface area (Å²) in [5, 5.41) is -0.0307. The molecule has 0 amide bonds. The first kappa shape index (κ1) is 24.3. The Morgan fingerprint density at radius 2 is 1.71 bits per heavy atom. The number of methoxy groups -OCH3 is 1. The maximum atomic E-state index is 13.5. The third-order valence-electron chi connectivity index (χ3n) is 5.40. The zero-order chi connectivity index (χ0) is 25.7. The van der Waals surface area contributed by atoms with Crippen LogP contribution in [0.15, 0.2) is 52.2 Å². The molecule has 4 rings (SSSR count). The Morgan fingerprint density at radius 1 is 1.06 bits per heavy atom. The third kappa shape index (κ3) is 4.23. The molecule has 2 aromatic carbocycles. The molecule has 0 saturated heterocycles. The standard InChI is InChI=1S/C22H20F3N5O4S/c1-30(2)35(32,33)13-7-4-11(5-8-13)18-16(17-19(27-18)28-21(26)29-20(17)31)14-10-12(22(23,24)25)6-9-15(14)34-3/h4-10H,1-3H3,(H4,26,27,28,29,31). The fraction of sp³-hybridized carbons (Fsp3) is 0.182. The van der Waals surface area contributed by atoms with Gasteiger partial charge in [0, 0.05) is 25.2 Å². The van der Waals surface area contributed by atoms with Crippen LogP contribution in [-0.4, -0.2) is 48.9 Å². The predicted octanol–water partition coefficient (Wildman–Crippen LogP) is 3.45. The summed E-state index contributed by atoms with van der Waals surface area (Å²) in [7, 11) is 0.361. The molecular formula is C22H20F3N5O4S. The Morgan fingerprint density at radius 3 is 2.29 bits per heavy atom. The molecule has 35 heavy (non-hydrogen) atoms. The second-order valence-corrected chi connectivity index (χ2v) is 9.93. The number of sulfonamides is 1. The molecule has 0 fully saturated rings. The number of hydrogen-bond donors (Lipinski definition) is 3. The first-order valence-corrected chi connectivity index (χ1v) is 11.5. The number of hydrogen-bond acceptors (Lipinski definition) is 6. The van der Waals surface area contributed by atoms with Crippen LogP contribution in [0.3, 0.4) is 0 Å². The van der Waals surface area contributed by atoms with E-state index in [2.05, 4.69) is 15.0 Å². The van der Waals surface area contributed by atoms with Crippen molar-refractivity contribution in [3.63, 3.8) is 0 Å². The average Bonchev–Trinajstić information content (AvgIpc) is 3.17. The number of aromatic amines is 2. The van der Waals surface area contributed by atoms with Gasteiger partial charge in [0.15, 0.2) is 0 Å². The minimum atomic E-state index is -4.65. The molecule has 2 aromatic heterocycles. The summed E-state index contributed by atoms with van der Waals surface area (Å²) in [5.74, 6) is -0.103. The SMILES string of the molecule is COc1ccc(C(F)(F)F)cc1-c1c(-c2ccc(S(=O)(=O)N(C)C)cc2)[nH]c2nc(N)[nH]c(=O)c12. The summed E-state index contributed by atoms with van der Waals surface area (Å²) in [6, 6.07) is 8.57. The summed E-state index contributed by atoms with van der Waals surface area (Å²) in [6.45, 7) is 0. The van der Waals surface area contributed by atoms with Crippen molar-refractivity contribution < 1.29 is 26.3 Å². The van der Waals surface area contributed by atoms with Gasteiger partial charge in [0.05, 0.1) is 28.6 Å². The van der Waals surface area contributed by atoms with E-state index in [4.69, 9.17) is 10.5 Å². The maximum absolute atomic E-state index is 13.5. The van der Waals surface area contributed by atoms with Crippen LogP contribution >= 0.6 is 0 Å². The van der Waals surface area contributed by atoms with Crippen molar-refractivity contribution in [2.24, 2.45) is 0 Å². The molecule has 0 unspecified atom stereocenters. The maximum Gasteiger partial charge on any atom is 0.416 e. The van der Waals surface area contributed by atoms with Crippen LogP contribution in [0.4, 0.5) is 19.1 Å². The number of aromatic nitrogens is 3. The van der Waals surface area contributed by atoms with E-state index < -0.39 is 27.3 Å². The van der Waals surface area contributed by atoms with Gasteiger partial charge in [-0.3, -0.25) is 9.78 Å². The molecule has 13 heteroatoms. The average molecular weight is 507 g/mol. The molecule has 184 valence electrons. The number of halogens is 3. The Balaban J connectivity index is 2.05. The zero-order valence-corrected chi connectivity index (χ0v) is 19.5. The molecule has 4 N–H and O–H groups in total. The quantitative estimate of drug-likeness (QED) is 0.379. The van der Waals surface area contributed by atoms with Gasteiger partial charge in [0.2, 0.25) is 16.0 Å². The number of anilines is 1. The number of H-pyrrole nitrogens is 2. The van der Waals surface area contributed by atoms with Gasteiger partial charge in [-0.25, -0.2) is 12.7 Å². The molecule has 0 radical (unpaired) electrons. The highest BCUT2D eigenvalue weighted by atomic mass is 32.2. The van der Waals surface area contributed by atoms with Crippen molar-refractivity contribution >= 4 is 27.0 Å². The Labute approximate surface area is 197 Å². The van der Waals surface area contributed by atoms with E-state index in [9.17, 15) is 26.4 Å². The number of nitrogens with one attached hydrogen (secondary N) is 2. The fourth-order valence-corrected chi connectivity index (χ4v) is 4.59. The lowest BCUT2D eigenvalue weighted by molar-refractivity contribution is -0.137. The molecule has 0 saturated carbocycles. The minimum absolute atomic E-state index is 0.00867. The van der Waals surface area contributed by atoms with Gasteiger partial charge in [0.25, 0.3) is 5.56 Å². The van der Waals surface area contributed by atoms with E-state index in [-0.39, 0.29) is 44.4 Å². The number of nitrogens with two attached hydrogens (primary N) is 1. The summed E-state index contributed by atoms with van der Waals surface area (Å²) in [6.07, 6.45) is -4.65. The number of nitrogen functional groups attached to an aromatic ring is 1. The normalized spacial score (nSPS) is 12.4. The lowest BCUT2D eigenvalue weighted by atomic mass is 9.96. The molecule has 0 spiro atoms. The van der Waals surface area contributed by atoms with E-state index in [1.807, 2.05) is 0 Å². The number of benzene rings is 2. The van der Waals surface area contributed by atoms with E-state index in [0.717, 1.165) is 22.5 Å². The van der Waals surface area contributed by atoms with Gasteiger partial charge in [0.1, 0.15) is 11.4 Å². The second-order valence-electron chi connectivity index (χ2n) is 7.77. The van der Waals surface area contributed by atoms with Gasteiger partial charge in [-0.2, -0.15) is 18.2 Å². The van der Waals surface area contributed by atoms with Gasteiger partial charge in [-0.15, -0.1) is 0 Å². The Kier molecular flexibility index (Phi) is 5.85. The molecule has 4 aromatic rings. The number of rotatable bonds is 5. The van der Waals surface area contributed by atoms with Crippen molar-refractivity contribution in [1.29, 1.82) is 0 Å². The van der Waals surface area contributed by atoms with Crippen LogP contribution in [0.1, 0.15) is 5.56 Å². The van der Waals surface area contributed by atoms with Crippen LogP contribution < -0.4 is 16.0 Å². The van der Waals surface area contributed by atoms with Crippen LogP contribution in [0.2, 0.25) is 0 Å². The van der Waals surface area contributed by atoms with E-state index in [1.165, 1.54) is 45.5 Å². The van der Waals surface area contributed by atoms with Gasteiger partial charge >= 0.3 is 6.18 Å². The molecule has 0 bridgehead atoms. The largest absolute Gasteiger partial charge is 0.496 e. The van der Waals surface area contributed by atoms with Crippen molar-refractivity contribution in [3.8, 4) is 28.1 Å². The molecule has 0 atom stereocenters. The van der Waals surface area contributed by atoms with Crippen LogP contribution in [0, 0.1) is 0 Å². The number of alkyl halides is 3. The van der Waals surface area contributed by atoms with Crippen LogP contribution in [0.5, 0.6) is 5.75 Å². The fourth-order valence-electron chi connectivity index (χ4n) is 3.69. The highest BCUT2D eigenvalue weighted by Gasteiger charge is 2.32. The topological polar surface area (TPSA) is 134 Å². The van der Waals surface area contributed by atoms with Crippen molar-refractivity contribution in [1.82, 2.24) is 19.3 Å². The highest BCUT2D eigenvalue weighted by molar-refractivity contribution is 7.89. The van der Waals surface area contributed by atoms with Gasteiger partial charge in [-0.05, 0) is 35.9 Å². The van der Waals surface area contributed by atoms with E-state index >= 15 is 0 Å². The first-order valence-electron chi connectivity index (χ1n) is 10.0. The van der Waals surface area contributed by atoms with Gasteiger partial charge < -0.3 is 15.5 Å². The first-order chi connectivity index (χ1) is 16.3. The van der Waals surface area contributed by atoms with Gasteiger partial charge in [-0.1, -0.05) is 12.1 Å². The lowest BCUT2D eigenvalue weighted by Gasteiger charge is -2.14. The van der Waals surface area contributed by atoms with Crippen LogP contribution in [0.25, 0.3) is 33.4 Å². The summed E-state index contributed by atoms with van der Waals surface area (Å²) >= 11 is 0. The minimum Gasteiger partial charge on any atom is -0.496 e. The monoisotopic (exact) mass is 507 g/mol. The van der Waals surface area contributed by atoms with Crippen molar-refractivity contribution in [2.45, 2.75) is 11.1 Å². The predicted molar refractivity (Wildman–Crippen MR) is 124 cm³/mol. The van der Waals surface area contributed by atoms with E-state index in [1.54, 1.807) is 0 Å². The number of ether oxygens (including phenoxy) is 1. The summed E-state index contributed by atoms with van der Waals surface area (Å²) in [5.41, 5.74) is 4.81. The second kappa shape index (κ2) is 8.43. The number of fused-ring (bicyclic) bond motifs is 1. The zero-order valence-electron chi connectivity index (χ0n) is 18.7. The van der Waals surface area contributed by atoms with Crippen LogP contribution in [-0.2, 0) is 16.2 Å². The highest BCUT2D eigenvalue weighted by Crippen LogP contribution is 2.43. The molecule has 9 nitrogen and oxygen atoms in total.